The van der Waals surface area contributed by atoms with Crippen molar-refractivity contribution in [3.63, 3.8) is 0 Å². The minimum absolute atomic E-state index is 0.00667. The fourth-order valence-corrected chi connectivity index (χ4v) is 2.74. The van der Waals surface area contributed by atoms with Gasteiger partial charge < -0.3 is 10.6 Å². The Bertz CT molecular complexity index is 901. The van der Waals surface area contributed by atoms with Crippen molar-refractivity contribution in [2.24, 2.45) is 0 Å². The summed E-state index contributed by atoms with van der Waals surface area (Å²) >= 11 is 0. The van der Waals surface area contributed by atoms with Gasteiger partial charge in [-0.3, -0.25) is 9.59 Å². The molecule has 136 valence electrons. The van der Waals surface area contributed by atoms with Gasteiger partial charge in [0, 0.05) is 23.4 Å². The first-order valence-electron chi connectivity index (χ1n) is 9.02. The Hall–Kier alpha value is -3.40. The molecule has 4 heteroatoms. The molecule has 0 aromatic heterocycles. The van der Waals surface area contributed by atoms with E-state index in [2.05, 4.69) is 10.6 Å². The Morgan fingerprint density at radius 1 is 0.704 bits per heavy atom. The van der Waals surface area contributed by atoms with Gasteiger partial charge >= 0.3 is 0 Å². The number of hydrogen-bond donors (Lipinski definition) is 2. The lowest BCUT2D eigenvalue weighted by atomic mass is 10.0. The standard InChI is InChI=1S/C23H22N2O2/c1-2-6-22(26)24-20-13-15-21(16-14-20)25-23(27)19-11-9-18(10-12-19)17-7-4-3-5-8-17/h3-5,7-16H,2,6H2,1H3,(H,24,26)(H,25,27). The van der Waals surface area contributed by atoms with E-state index in [0.29, 0.717) is 17.7 Å². The van der Waals surface area contributed by atoms with Crippen LogP contribution in [0.1, 0.15) is 30.1 Å². The minimum Gasteiger partial charge on any atom is -0.326 e. The highest BCUT2D eigenvalue weighted by molar-refractivity contribution is 6.04. The normalized spacial score (nSPS) is 10.3. The number of nitrogens with one attached hydrogen (secondary N) is 2. The van der Waals surface area contributed by atoms with Gasteiger partial charge in [0.25, 0.3) is 5.91 Å². The summed E-state index contributed by atoms with van der Waals surface area (Å²) in [6.07, 6.45) is 1.31. The summed E-state index contributed by atoms with van der Waals surface area (Å²) < 4.78 is 0. The van der Waals surface area contributed by atoms with Crippen LogP contribution in [-0.4, -0.2) is 11.8 Å². The monoisotopic (exact) mass is 358 g/mol. The van der Waals surface area contributed by atoms with Crippen molar-refractivity contribution in [2.75, 3.05) is 10.6 Å². The van der Waals surface area contributed by atoms with E-state index < -0.39 is 0 Å². The third-order valence-corrected chi connectivity index (χ3v) is 4.16. The van der Waals surface area contributed by atoms with Crippen LogP contribution in [0.25, 0.3) is 11.1 Å². The Labute approximate surface area is 159 Å². The molecular weight excluding hydrogens is 336 g/mol. The molecule has 0 heterocycles. The first-order valence-corrected chi connectivity index (χ1v) is 9.02. The van der Waals surface area contributed by atoms with Gasteiger partial charge in [0.15, 0.2) is 0 Å². The Balaban J connectivity index is 1.62. The van der Waals surface area contributed by atoms with Gasteiger partial charge in [0.1, 0.15) is 0 Å². The zero-order valence-corrected chi connectivity index (χ0v) is 15.2. The summed E-state index contributed by atoms with van der Waals surface area (Å²) in [5.41, 5.74) is 4.18. The number of amides is 2. The van der Waals surface area contributed by atoms with Crippen molar-refractivity contribution in [3.05, 3.63) is 84.4 Å². The Kier molecular flexibility index (Phi) is 6.00. The molecule has 3 rings (SSSR count). The first-order chi connectivity index (χ1) is 13.2. The topological polar surface area (TPSA) is 58.2 Å². The molecule has 0 aliphatic heterocycles. The molecule has 3 aromatic carbocycles. The number of anilines is 2. The molecule has 27 heavy (non-hydrogen) atoms. The maximum absolute atomic E-state index is 12.4. The van der Waals surface area contributed by atoms with E-state index in [1.54, 1.807) is 24.3 Å². The van der Waals surface area contributed by atoms with Gasteiger partial charge in [0.2, 0.25) is 5.91 Å². The number of hydrogen-bond acceptors (Lipinski definition) is 2. The molecule has 0 bridgehead atoms. The number of rotatable bonds is 6. The maximum atomic E-state index is 12.4. The Morgan fingerprint density at radius 2 is 1.26 bits per heavy atom. The zero-order valence-electron chi connectivity index (χ0n) is 15.2. The lowest BCUT2D eigenvalue weighted by molar-refractivity contribution is -0.116. The second-order valence-electron chi connectivity index (χ2n) is 6.27. The van der Waals surface area contributed by atoms with E-state index in [9.17, 15) is 9.59 Å². The van der Waals surface area contributed by atoms with Crippen molar-refractivity contribution in [1.29, 1.82) is 0 Å². The van der Waals surface area contributed by atoms with E-state index in [4.69, 9.17) is 0 Å². The second kappa shape index (κ2) is 8.81. The van der Waals surface area contributed by atoms with Crippen LogP contribution in [0.4, 0.5) is 11.4 Å². The van der Waals surface area contributed by atoms with Crippen molar-refractivity contribution >= 4 is 23.2 Å². The second-order valence-corrected chi connectivity index (χ2v) is 6.27. The SMILES string of the molecule is CCCC(=O)Nc1ccc(NC(=O)c2ccc(-c3ccccc3)cc2)cc1. The van der Waals surface area contributed by atoms with Crippen LogP contribution in [-0.2, 0) is 4.79 Å². The number of benzene rings is 3. The predicted molar refractivity (Wildman–Crippen MR) is 110 cm³/mol. The highest BCUT2D eigenvalue weighted by Gasteiger charge is 2.07. The van der Waals surface area contributed by atoms with Gasteiger partial charge in [-0.1, -0.05) is 49.4 Å². The van der Waals surface area contributed by atoms with Crippen LogP contribution in [0.3, 0.4) is 0 Å². The quantitative estimate of drug-likeness (QED) is 0.624. The summed E-state index contributed by atoms with van der Waals surface area (Å²) in [5.74, 6) is -0.176. The molecule has 0 radical (unpaired) electrons. The average Bonchev–Trinajstić information content (AvgIpc) is 2.70. The van der Waals surface area contributed by atoms with Crippen LogP contribution in [0, 0.1) is 0 Å². The fraction of sp³-hybridized carbons (Fsp3) is 0.130. The third-order valence-electron chi connectivity index (χ3n) is 4.16. The maximum Gasteiger partial charge on any atom is 0.255 e. The molecule has 0 unspecified atom stereocenters. The molecule has 2 amide bonds. The van der Waals surface area contributed by atoms with Gasteiger partial charge in [-0.15, -0.1) is 0 Å². The van der Waals surface area contributed by atoms with E-state index in [-0.39, 0.29) is 11.8 Å². The van der Waals surface area contributed by atoms with Gasteiger partial charge in [-0.05, 0) is 53.9 Å². The molecule has 0 aliphatic rings. The molecule has 2 N–H and O–H groups in total. The van der Waals surface area contributed by atoms with Crippen LogP contribution in [0.15, 0.2) is 78.9 Å². The van der Waals surface area contributed by atoms with Crippen LogP contribution in [0.2, 0.25) is 0 Å². The van der Waals surface area contributed by atoms with E-state index >= 15 is 0 Å². The summed E-state index contributed by atoms with van der Waals surface area (Å²) in [7, 11) is 0. The largest absolute Gasteiger partial charge is 0.326 e. The highest BCUT2D eigenvalue weighted by Crippen LogP contribution is 2.20. The first kappa shape index (κ1) is 18.4. The van der Waals surface area contributed by atoms with E-state index in [1.165, 1.54) is 0 Å². The molecule has 0 spiro atoms. The van der Waals surface area contributed by atoms with Gasteiger partial charge in [0.05, 0.1) is 0 Å². The van der Waals surface area contributed by atoms with Crippen molar-refractivity contribution in [2.45, 2.75) is 19.8 Å². The predicted octanol–water partition coefficient (Wildman–Crippen LogP) is 5.34. The zero-order chi connectivity index (χ0) is 19.1. The molecule has 0 fully saturated rings. The fourth-order valence-electron chi connectivity index (χ4n) is 2.74. The van der Waals surface area contributed by atoms with Crippen molar-refractivity contribution in [3.8, 4) is 11.1 Å². The molecular formula is C23H22N2O2. The van der Waals surface area contributed by atoms with Crippen LogP contribution < -0.4 is 10.6 Å². The molecule has 3 aromatic rings. The highest BCUT2D eigenvalue weighted by atomic mass is 16.2. The summed E-state index contributed by atoms with van der Waals surface area (Å²) in [6, 6.07) is 24.7. The molecule has 4 nitrogen and oxygen atoms in total. The van der Waals surface area contributed by atoms with E-state index in [1.807, 2.05) is 61.5 Å². The molecule has 0 saturated carbocycles. The number of carbonyl (C=O) groups excluding carboxylic acids is 2. The van der Waals surface area contributed by atoms with Crippen LogP contribution in [0.5, 0.6) is 0 Å². The van der Waals surface area contributed by atoms with Crippen molar-refractivity contribution < 1.29 is 9.59 Å². The summed E-state index contributed by atoms with van der Waals surface area (Å²) in [5, 5.41) is 5.70. The van der Waals surface area contributed by atoms with Gasteiger partial charge in [-0.25, -0.2) is 0 Å². The molecule has 0 aliphatic carbocycles. The summed E-state index contributed by atoms with van der Waals surface area (Å²) in [6.45, 7) is 1.96. The average molecular weight is 358 g/mol. The lowest BCUT2D eigenvalue weighted by Gasteiger charge is -2.08. The molecule has 0 atom stereocenters. The van der Waals surface area contributed by atoms with Crippen LogP contribution >= 0.6 is 0 Å². The minimum atomic E-state index is -0.169. The lowest BCUT2D eigenvalue weighted by Crippen LogP contribution is -2.12. The van der Waals surface area contributed by atoms with Crippen molar-refractivity contribution in [1.82, 2.24) is 0 Å². The Morgan fingerprint density at radius 3 is 1.85 bits per heavy atom. The van der Waals surface area contributed by atoms with Gasteiger partial charge in [-0.2, -0.15) is 0 Å². The van der Waals surface area contributed by atoms with E-state index in [0.717, 1.165) is 23.2 Å². The number of carbonyl (C=O) groups is 2. The smallest absolute Gasteiger partial charge is 0.255 e. The third kappa shape index (κ3) is 5.05. The summed E-state index contributed by atoms with van der Waals surface area (Å²) in [4.78, 5) is 24.0. The molecule has 0 saturated heterocycles.